The van der Waals surface area contributed by atoms with Gasteiger partial charge in [-0.1, -0.05) is 0 Å². The van der Waals surface area contributed by atoms with Gasteiger partial charge in [-0.2, -0.15) is 0 Å². The van der Waals surface area contributed by atoms with E-state index in [1.54, 1.807) is 17.8 Å². The smallest absolute Gasteiger partial charge is 0.266 e. The van der Waals surface area contributed by atoms with Crippen LogP contribution in [0.4, 0.5) is 8.78 Å². The number of imidazole rings is 1. The molecule has 15 heavy (non-hydrogen) atoms. The second kappa shape index (κ2) is 3.13. The van der Waals surface area contributed by atoms with Crippen molar-refractivity contribution in [3.63, 3.8) is 0 Å². The molecule has 1 N–H and O–H groups in total. The lowest BCUT2D eigenvalue weighted by Gasteiger charge is -2.29. The molecule has 0 bridgehead atoms. The molecule has 1 aliphatic rings. The lowest BCUT2D eigenvalue weighted by molar-refractivity contribution is -0.0152. The minimum Gasteiger partial charge on any atom is -0.379 e. The Morgan fingerprint density at radius 1 is 1.40 bits per heavy atom. The Hall–Kier alpha value is -1.23. The van der Waals surface area contributed by atoms with Crippen LogP contribution in [-0.4, -0.2) is 20.6 Å². The third-order valence-electron chi connectivity index (χ3n) is 2.59. The van der Waals surface area contributed by atoms with E-state index in [0.717, 1.165) is 12.2 Å². The van der Waals surface area contributed by atoms with Gasteiger partial charge in [0, 0.05) is 19.7 Å². The fraction of sp³-hybridized carbons (Fsp3) is 0.500. The van der Waals surface area contributed by atoms with Gasteiger partial charge in [-0.15, -0.1) is 0 Å². The van der Waals surface area contributed by atoms with Gasteiger partial charge in [0.05, 0.1) is 12.0 Å². The second-order valence-corrected chi connectivity index (χ2v) is 3.94. The predicted octanol–water partition coefficient (Wildman–Crippen LogP) is 1.59. The van der Waals surface area contributed by atoms with E-state index < -0.39 is 11.5 Å². The highest BCUT2D eigenvalue weighted by atomic mass is 19.3. The number of aromatic nitrogens is 2. The average Bonchev–Trinajstić information content (AvgIpc) is 2.59. The van der Waals surface area contributed by atoms with E-state index in [9.17, 15) is 13.9 Å². The Morgan fingerprint density at radius 2 is 2.13 bits per heavy atom. The fourth-order valence-electron chi connectivity index (χ4n) is 1.63. The normalized spacial score (nSPS) is 29.3. The largest absolute Gasteiger partial charge is 0.379 e. The highest BCUT2D eigenvalue weighted by Crippen LogP contribution is 2.37. The van der Waals surface area contributed by atoms with Gasteiger partial charge in [0.1, 0.15) is 5.60 Å². The van der Waals surface area contributed by atoms with Gasteiger partial charge in [0.25, 0.3) is 5.92 Å². The van der Waals surface area contributed by atoms with Crippen molar-refractivity contribution in [1.82, 2.24) is 9.55 Å². The quantitative estimate of drug-likeness (QED) is 0.721. The molecule has 5 heteroatoms. The summed E-state index contributed by atoms with van der Waals surface area (Å²) in [7, 11) is 1.76. The highest BCUT2D eigenvalue weighted by Gasteiger charge is 2.39. The van der Waals surface area contributed by atoms with Crippen molar-refractivity contribution in [3.8, 4) is 0 Å². The number of alkyl halides is 2. The highest BCUT2D eigenvalue weighted by molar-refractivity contribution is 5.22. The van der Waals surface area contributed by atoms with Crippen LogP contribution in [0.5, 0.6) is 0 Å². The van der Waals surface area contributed by atoms with Crippen molar-refractivity contribution < 1.29 is 13.9 Å². The molecule has 0 saturated heterocycles. The van der Waals surface area contributed by atoms with Crippen LogP contribution < -0.4 is 0 Å². The Morgan fingerprint density at radius 3 is 2.60 bits per heavy atom. The lowest BCUT2D eigenvalue weighted by atomic mass is 9.87. The molecule has 0 saturated carbocycles. The minimum atomic E-state index is -2.80. The third kappa shape index (κ3) is 1.92. The topological polar surface area (TPSA) is 38.0 Å². The SMILES string of the molecule is Cn1cnc(C2(O)C=CC(F)(F)CC2)c1. The zero-order valence-corrected chi connectivity index (χ0v) is 8.32. The molecule has 3 nitrogen and oxygen atoms in total. The van der Waals surface area contributed by atoms with Crippen molar-refractivity contribution >= 4 is 0 Å². The van der Waals surface area contributed by atoms with Gasteiger partial charge in [-0.25, -0.2) is 13.8 Å². The van der Waals surface area contributed by atoms with Crippen LogP contribution >= 0.6 is 0 Å². The molecule has 1 unspecified atom stereocenters. The summed E-state index contributed by atoms with van der Waals surface area (Å²) in [5, 5.41) is 10.1. The van der Waals surface area contributed by atoms with Crippen LogP contribution in [-0.2, 0) is 12.6 Å². The van der Waals surface area contributed by atoms with Crippen LogP contribution in [0.2, 0.25) is 0 Å². The standard InChI is InChI=1S/C10H12F2N2O/c1-14-6-8(13-7-14)9(15)2-4-10(11,12)5-3-9/h2,4,6-7,15H,3,5H2,1H3. The third-order valence-corrected chi connectivity index (χ3v) is 2.59. The summed E-state index contributed by atoms with van der Waals surface area (Å²) in [5.41, 5.74) is -0.931. The molecule has 2 rings (SSSR count). The van der Waals surface area contributed by atoms with Gasteiger partial charge >= 0.3 is 0 Å². The van der Waals surface area contributed by atoms with E-state index in [0.29, 0.717) is 5.69 Å². The van der Waals surface area contributed by atoms with Crippen LogP contribution in [0.3, 0.4) is 0 Å². The molecule has 1 heterocycles. The summed E-state index contributed by atoms with van der Waals surface area (Å²) in [6.07, 6.45) is 4.70. The van der Waals surface area contributed by atoms with Gasteiger partial charge < -0.3 is 9.67 Å². The number of rotatable bonds is 1. The molecule has 0 radical (unpaired) electrons. The maximum absolute atomic E-state index is 12.8. The van der Waals surface area contributed by atoms with E-state index in [1.807, 2.05) is 0 Å². The summed E-state index contributed by atoms with van der Waals surface area (Å²) in [5.74, 6) is -2.80. The molecular formula is C10H12F2N2O. The molecule has 1 atom stereocenters. The van der Waals surface area contributed by atoms with Crippen molar-refractivity contribution in [2.24, 2.45) is 7.05 Å². The Balaban J connectivity index is 2.30. The molecule has 0 amide bonds. The number of hydrogen-bond acceptors (Lipinski definition) is 2. The van der Waals surface area contributed by atoms with E-state index in [-0.39, 0.29) is 12.8 Å². The zero-order valence-electron chi connectivity index (χ0n) is 8.32. The van der Waals surface area contributed by atoms with Crippen molar-refractivity contribution in [1.29, 1.82) is 0 Å². The van der Waals surface area contributed by atoms with Gasteiger partial charge in [0.2, 0.25) is 0 Å². The number of halogens is 2. The number of aliphatic hydroxyl groups is 1. The number of nitrogens with zero attached hydrogens (tertiary/aromatic N) is 2. The van der Waals surface area contributed by atoms with Gasteiger partial charge in [-0.05, 0) is 18.6 Å². The number of aryl methyl sites for hydroxylation is 1. The molecule has 0 aliphatic heterocycles. The Bertz CT molecular complexity index is 400. The minimum absolute atomic E-state index is 0.00644. The zero-order chi connectivity index (χ0) is 11.1. The maximum Gasteiger partial charge on any atom is 0.266 e. The summed E-state index contributed by atoms with van der Waals surface area (Å²) < 4.78 is 27.4. The van der Waals surface area contributed by atoms with Crippen LogP contribution in [0.1, 0.15) is 18.5 Å². The molecule has 1 aliphatic carbocycles. The molecule has 82 valence electrons. The van der Waals surface area contributed by atoms with Crippen molar-refractivity contribution in [2.75, 3.05) is 0 Å². The molecule has 0 aromatic carbocycles. The molecule has 0 spiro atoms. The molecule has 1 aromatic rings. The number of hydrogen-bond donors (Lipinski definition) is 1. The Kier molecular flexibility index (Phi) is 2.15. The van der Waals surface area contributed by atoms with Crippen LogP contribution in [0.15, 0.2) is 24.7 Å². The Labute approximate surface area is 86.1 Å². The van der Waals surface area contributed by atoms with Crippen LogP contribution in [0.25, 0.3) is 0 Å². The average molecular weight is 214 g/mol. The van der Waals surface area contributed by atoms with Gasteiger partial charge in [-0.3, -0.25) is 0 Å². The first-order chi connectivity index (χ1) is 6.91. The lowest BCUT2D eigenvalue weighted by Crippen LogP contribution is -2.31. The summed E-state index contributed by atoms with van der Waals surface area (Å²) in [6.45, 7) is 0. The number of allylic oxidation sites excluding steroid dienone is 1. The molecule has 1 aromatic heterocycles. The van der Waals surface area contributed by atoms with Crippen LogP contribution in [0, 0.1) is 0 Å². The van der Waals surface area contributed by atoms with Crippen molar-refractivity contribution in [2.45, 2.75) is 24.4 Å². The predicted molar refractivity (Wildman–Crippen MR) is 50.4 cm³/mol. The molecular weight excluding hydrogens is 202 g/mol. The summed E-state index contributed by atoms with van der Waals surface area (Å²) >= 11 is 0. The van der Waals surface area contributed by atoms with E-state index in [1.165, 1.54) is 6.33 Å². The first kappa shape index (κ1) is 10.3. The van der Waals surface area contributed by atoms with Gasteiger partial charge in [0.15, 0.2) is 0 Å². The van der Waals surface area contributed by atoms with E-state index in [2.05, 4.69) is 4.98 Å². The monoisotopic (exact) mass is 214 g/mol. The summed E-state index contributed by atoms with van der Waals surface area (Å²) in [4.78, 5) is 3.98. The second-order valence-electron chi connectivity index (χ2n) is 3.94. The van der Waals surface area contributed by atoms with E-state index in [4.69, 9.17) is 0 Å². The van der Waals surface area contributed by atoms with Crippen molar-refractivity contribution in [3.05, 3.63) is 30.4 Å². The first-order valence-electron chi connectivity index (χ1n) is 4.70. The maximum atomic E-state index is 12.8. The first-order valence-corrected chi connectivity index (χ1v) is 4.70. The fourth-order valence-corrected chi connectivity index (χ4v) is 1.63. The summed E-state index contributed by atoms with van der Waals surface area (Å²) in [6, 6.07) is 0. The molecule has 0 fully saturated rings. The van der Waals surface area contributed by atoms with E-state index >= 15 is 0 Å².